The van der Waals surface area contributed by atoms with Gasteiger partial charge in [-0.1, -0.05) is 255 Å². The van der Waals surface area contributed by atoms with Crippen LogP contribution in [0.15, 0.2) is 288 Å². The molecule has 0 N–H and O–H groups in total. The van der Waals surface area contributed by atoms with Crippen molar-refractivity contribution in [2.75, 3.05) is 0 Å². The van der Waals surface area contributed by atoms with Crippen LogP contribution >= 0.6 is 0 Å². The van der Waals surface area contributed by atoms with Crippen LogP contribution in [0.1, 0.15) is 35.1 Å². The highest BCUT2D eigenvalue weighted by Gasteiger charge is 2.32. The molecule has 0 saturated heterocycles. The van der Waals surface area contributed by atoms with Gasteiger partial charge in [0.2, 0.25) is 0 Å². The van der Waals surface area contributed by atoms with Gasteiger partial charge in [-0.2, -0.15) is 0 Å². The van der Waals surface area contributed by atoms with Crippen molar-refractivity contribution in [1.82, 2.24) is 0 Å². The Hall–Kier alpha value is -12.4. The largest absolute Gasteiger partial charge is 0.456 e. The average molecular weight is 1240 g/mol. The van der Waals surface area contributed by atoms with Crippen molar-refractivity contribution >= 4 is 185 Å². The molecule has 0 aliphatic heterocycles. The van der Waals surface area contributed by atoms with E-state index in [4.69, 9.17) is 8.83 Å². The fraction of sp³-hybridized carbons (Fsp3) is 0.0417. The lowest BCUT2D eigenvalue weighted by Gasteiger charge is -2.19. The number of benzene rings is 16. The van der Waals surface area contributed by atoms with Crippen molar-refractivity contribution in [3.05, 3.63) is 301 Å². The number of hydrogen-bond acceptors (Lipinski definition) is 2. The Kier molecular flexibility index (Phi) is 10.6. The molecule has 2 heterocycles. The predicted molar refractivity (Wildman–Crippen MR) is 419 cm³/mol. The van der Waals surface area contributed by atoms with Crippen LogP contribution in [0, 0.1) is 0 Å². The second kappa shape index (κ2) is 19.6. The minimum absolute atomic E-state index is 0.934. The summed E-state index contributed by atoms with van der Waals surface area (Å²) < 4.78 is 13.3. The summed E-state index contributed by atoms with van der Waals surface area (Å²) in [7, 11) is 0. The van der Waals surface area contributed by atoms with Crippen LogP contribution < -0.4 is 0 Å². The van der Waals surface area contributed by atoms with Crippen molar-refractivity contribution in [2.24, 2.45) is 0 Å². The number of rotatable bonds is 4. The third-order valence-electron chi connectivity index (χ3n) is 22.8. The molecule has 0 fully saturated rings. The van der Waals surface area contributed by atoms with Crippen LogP contribution in [0.4, 0.5) is 0 Å². The summed E-state index contributed by atoms with van der Waals surface area (Å²) in [4.78, 5) is 0. The summed E-state index contributed by atoms with van der Waals surface area (Å²) in [6.45, 7) is 0. The van der Waals surface area contributed by atoms with Crippen molar-refractivity contribution in [2.45, 2.75) is 25.7 Å². The molecule has 0 radical (unpaired) electrons. The van der Waals surface area contributed by atoms with Crippen LogP contribution in [-0.2, 0) is 12.8 Å². The van der Waals surface area contributed by atoms with Crippen molar-refractivity contribution in [3.8, 4) is 44.5 Å². The second-order valence-corrected chi connectivity index (χ2v) is 27.5. The number of aryl methyl sites for hydroxylation is 2. The Morgan fingerprint density at radius 1 is 0.194 bits per heavy atom. The molecule has 0 atom stereocenters. The number of hydrogen-bond donors (Lipinski definition) is 0. The first-order valence-electron chi connectivity index (χ1n) is 34.7. The Morgan fingerprint density at radius 2 is 0.500 bits per heavy atom. The number of furan rings is 2. The minimum atomic E-state index is 0.934. The molecular formula is C96H56O2. The van der Waals surface area contributed by atoms with Crippen LogP contribution in [0.5, 0.6) is 0 Å². The normalized spacial score (nSPS) is 13.5. The van der Waals surface area contributed by atoms with E-state index in [-0.39, 0.29) is 0 Å². The van der Waals surface area contributed by atoms with Gasteiger partial charge in [0.25, 0.3) is 0 Å². The first kappa shape index (κ1) is 53.0. The highest BCUT2D eigenvalue weighted by molar-refractivity contribution is 6.48. The van der Waals surface area contributed by atoms with E-state index in [2.05, 4.69) is 291 Å². The van der Waals surface area contributed by atoms with Gasteiger partial charge in [0, 0.05) is 21.5 Å². The lowest BCUT2D eigenvalue weighted by molar-refractivity contribution is 0.669. The SMILES string of the molecule is C1=Cc2c(c3cccc4c5c(-c6ccccc6)c6c7cc8oc9ccccc9c8c8cccc(c6c(-c6ccccc6)c5cc2c34)c78)CC1.C1=Cc2c(c3cccc4c5c(-c6ccccc6)c6c7cccc8c9c(cc(c6c(-c6ccccc6)c5cc2c34)c78)oc2ccccc29)CC1. The minimum Gasteiger partial charge on any atom is -0.456 e. The van der Waals surface area contributed by atoms with Gasteiger partial charge in [0.1, 0.15) is 22.3 Å². The zero-order valence-electron chi connectivity index (χ0n) is 53.4. The van der Waals surface area contributed by atoms with E-state index < -0.39 is 0 Å². The summed E-state index contributed by atoms with van der Waals surface area (Å²) in [5.74, 6) is 0. The molecule has 2 heteroatoms. The molecule has 2 aromatic heterocycles. The van der Waals surface area contributed by atoms with Gasteiger partial charge in [-0.15, -0.1) is 0 Å². The highest BCUT2D eigenvalue weighted by atomic mass is 16.3. The third-order valence-corrected chi connectivity index (χ3v) is 22.8. The maximum atomic E-state index is 6.64. The van der Waals surface area contributed by atoms with E-state index in [0.717, 1.165) is 48.0 Å². The molecule has 20 aromatic carbocycles. The van der Waals surface area contributed by atoms with Gasteiger partial charge in [0.15, 0.2) is 0 Å². The molecule has 0 unspecified atom stereocenters. The summed E-state index contributed by atoms with van der Waals surface area (Å²) in [6, 6.07) is 98.9. The quantitative estimate of drug-likeness (QED) is 0.164. The van der Waals surface area contributed by atoms with Gasteiger partial charge in [-0.3, -0.25) is 0 Å². The lowest BCUT2D eigenvalue weighted by Crippen LogP contribution is -1.91. The summed E-state index contributed by atoms with van der Waals surface area (Å²) in [6.07, 6.45) is 13.8. The van der Waals surface area contributed by atoms with Gasteiger partial charge in [-0.25, -0.2) is 0 Å². The van der Waals surface area contributed by atoms with E-state index in [1.54, 1.807) is 0 Å². The number of fused-ring (bicyclic) bond motifs is 24. The van der Waals surface area contributed by atoms with Gasteiger partial charge < -0.3 is 8.83 Å². The molecule has 98 heavy (non-hydrogen) atoms. The van der Waals surface area contributed by atoms with Gasteiger partial charge in [-0.05, 0) is 258 Å². The van der Waals surface area contributed by atoms with E-state index in [9.17, 15) is 0 Å². The van der Waals surface area contributed by atoms with Crippen molar-refractivity contribution in [3.63, 3.8) is 0 Å². The van der Waals surface area contributed by atoms with Gasteiger partial charge >= 0.3 is 0 Å². The highest BCUT2D eigenvalue weighted by Crippen LogP contribution is 2.59. The van der Waals surface area contributed by atoms with Gasteiger partial charge in [0.05, 0.1) is 0 Å². The smallest absolute Gasteiger partial charge is 0.136 e. The molecular weight excluding hydrogens is 1190 g/mol. The summed E-state index contributed by atoms with van der Waals surface area (Å²) in [5.41, 5.74) is 19.8. The summed E-state index contributed by atoms with van der Waals surface area (Å²) in [5, 5.41) is 36.6. The fourth-order valence-electron chi connectivity index (χ4n) is 19.1. The standard InChI is InChI=1S/2C48H28O/c1-3-13-27(14-4-1)41-37-25-36-30-18-8-7-17-29(30)31-20-11-22-34(43(31)36)46(37)42(28-15-5-2-6-16-28)47-35-23-12-21-33-44(35)38(48(41)47)26-40-45(33)32-19-9-10-24-39(32)49-40;1-3-13-27(14-4-1)41-37-25-36-30-18-8-7-17-29(30)31-20-11-22-34(43(31)36)46(37)42(28-15-5-2-6-16-28)48-38-26-40-45(32-19-9-10-24-39(32)49-40)33-21-12-23-35(44(33)38)47(41)48/h2*1-6,8-16,18-26H,7,17H2. The van der Waals surface area contributed by atoms with Crippen LogP contribution in [0.3, 0.4) is 0 Å². The van der Waals surface area contributed by atoms with E-state index in [1.165, 1.54) is 218 Å². The van der Waals surface area contributed by atoms with E-state index in [1.807, 2.05) is 0 Å². The zero-order chi connectivity index (χ0) is 63.6. The van der Waals surface area contributed by atoms with E-state index in [0.29, 0.717) is 0 Å². The molecule has 0 spiro atoms. The monoisotopic (exact) mass is 1240 g/mol. The van der Waals surface area contributed by atoms with Crippen LogP contribution in [0.25, 0.3) is 230 Å². The zero-order valence-corrected chi connectivity index (χ0v) is 53.4. The Labute approximate surface area is 562 Å². The lowest BCUT2D eigenvalue weighted by atomic mass is 9.83. The van der Waals surface area contributed by atoms with Crippen molar-refractivity contribution in [1.29, 1.82) is 0 Å². The first-order valence-corrected chi connectivity index (χ1v) is 34.7. The molecule has 0 saturated carbocycles. The maximum absolute atomic E-state index is 6.64. The number of allylic oxidation sites excluding steroid dienone is 2. The summed E-state index contributed by atoms with van der Waals surface area (Å²) >= 11 is 0. The maximum Gasteiger partial charge on any atom is 0.136 e. The Bertz CT molecular complexity index is 7200. The van der Waals surface area contributed by atoms with Crippen LogP contribution in [-0.4, -0.2) is 0 Å². The second-order valence-electron chi connectivity index (χ2n) is 27.5. The fourth-order valence-corrected chi connectivity index (χ4v) is 19.1. The first-order chi connectivity index (χ1) is 48.7. The topological polar surface area (TPSA) is 26.3 Å². The molecule has 0 amide bonds. The van der Waals surface area contributed by atoms with E-state index >= 15 is 0 Å². The van der Waals surface area contributed by atoms with Crippen LogP contribution in [0.2, 0.25) is 0 Å². The predicted octanol–water partition coefficient (Wildman–Crippen LogP) is 27.3. The third kappa shape index (κ3) is 6.90. The molecule has 2 aliphatic rings. The molecule has 2 nitrogen and oxygen atoms in total. The Balaban J connectivity index is 0.000000122. The molecule has 0 bridgehead atoms. The molecule has 24 rings (SSSR count). The molecule has 452 valence electrons. The number of para-hydroxylation sites is 2. The molecule has 2 aliphatic carbocycles. The van der Waals surface area contributed by atoms with Crippen molar-refractivity contribution < 1.29 is 8.83 Å². The molecule has 22 aromatic rings. The Morgan fingerprint density at radius 3 is 0.918 bits per heavy atom. The average Bonchev–Trinajstić information content (AvgIpc) is 1.49.